The molecule has 0 spiro atoms. The fourth-order valence-corrected chi connectivity index (χ4v) is 4.41. The number of carbonyl (C=O) groups is 2. The van der Waals surface area contributed by atoms with Gasteiger partial charge >= 0.3 is 0 Å². The first kappa shape index (κ1) is 28.9. The molecule has 3 aromatic rings. The molecule has 0 aliphatic heterocycles. The molecule has 0 unspecified atom stereocenters. The van der Waals surface area contributed by atoms with Gasteiger partial charge in [-0.25, -0.2) is 5.43 Å². The maximum atomic E-state index is 13.1. The van der Waals surface area contributed by atoms with Crippen molar-refractivity contribution in [2.45, 2.75) is 13.8 Å². The average Bonchev–Trinajstić information content (AvgIpc) is 2.94. The van der Waals surface area contributed by atoms with Gasteiger partial charge in [-0.05, 0) is 87.7 Å². The molecule has 3 N–H and O–H groups in total. The molecule has 3 rings (SSSR count). The molecule has 0 heterocycles. The van der Waals surface area contributed by atoms with E-state index in [0.717, 1.165) is 24.3 Å². The second-order valence-electron chi connectivity index (χ2n) is 7.98. The largest absolute Gasteiger partial charge is 0.504 e. The number of rotatable bonds is 10. The number of anilines is 1. The summed E-state index contributed by atoms with van der Waals surface area (Å²) in [6, 6.07) is 17.9. The number of nitrogens with zero attached hydrogens (tertiary/aromatic N) is 2. The van der Waals surface area contributed by atoms with Gasteiger partial charge in [-0.2, -0.15) is 5.10 Å². The van der Waals surface area contributed by atoms with E-state index in [1.165, 1.54) is 13.3 Å². The highest BCUT2D eigenvalue weighted by Gasteiger charge is 2.16. The van der Waals surface area contributed by atoms with Crippen LogP contribution in [0.2, 0.25) is 0 Å². The van der Waals surface area contributed by atoms with E-state index in [0.29, 0.717) is 20.1 Å². The smallest absolute Gasteiger partial charge is 0.287 e. The molecule has 198 valence electrons. The van der Waals surface area contributed by atoms with E-state index in [1.54, 1.807) is 42.5 Å². The van der Waals surface area contributed by atoms with Crippen LogP contribution in [0.5, 0.6) is 11.5 Å². The number of phenols is 1. The molecule has 0 radical (unpaired) electrons. The minimum atomic E-state index is -0.643. The van der Waals surface area contributed by atoms with Crippen molar-refractivity contribution in [3.05, 3.63) is 92.0 Å². The molecule has 38 heavy (non-hydrogen) atoms. The van der Waals surface area contributed by atoms with Gasteiger partial charge in [0.05, 0.1) is 18.9 Å². The van der Waals surface area contributed by atoms with E-state index in [-0.39, 0.29) is 17.2 Å². The summed E-state index contributed by atoms with van der Waals surface area (Å²) in [5.74, 6) is -0.998. The summed E-state index contributed by atoms with van der Waals surface area (Å²) in [6.07, 6.45) is 2.85. The van der Waals surface area contributed by atoms with Crippen molar-refractivity contribution < 1.29 is 19.4 Å². The lowest BCUT2D eigenvalue weighted by Gasteiger charge is -2.21. The predicted octanol–water partition coefficient (Wildman–Crippen LogP) is 5.69. The fraction of sp³-hybridized carbons (Fsp3) is 0.179. The molecule has 8 nitrogen and oxygen atoms in total. The second-order valence-corrected chi connectivity index (χ2v) is 9.63. The van der Waals surface area contributed by atoms with Crippen LogP contribution in [0, 0.1) is 0 Å². The van der Waals surface area contributed by atoms with Crippen molar-refractivity contribution in [2.75, 3.05) is 25.1 Å². The highest BCUT2D eigenvalue weighted by atomic mass is 79.9. The van der Waals surface area contributed by atoms with Crippen LogP contribution in [0.4, 0.5) is 5.69 Å². The fourth-order valence-electron chi connectivity index (χ4n) is 3.58. The number of hydrogen-bond acceptors (Lipinski definition) is 6. The van der Waals surface area contributed by atoms with E-state index >= 15 is 0 Å². The SMILES string of the molecule is CCN(CC)c1ccc(/C=C(\NC(=O)c2ccccc2)C(=O)N/N=C\c2c(O)c(OC)cc(Br)c2Br)cc1. The first-order valence-electron chi connectivity index (χ1n) is 11.8. The molecule has 3 aromatic carbocycles. The van der Waals surface area contributed by atoms with E-state index < -0.39 is 11.8 Å². The number of hydrazone groups is 1. The van der Waals surface area contributed by atoms with Crippen LogP contribution >= 0.6 is 31.9 Å². The molecule has 0 bridgehead atoms. The molecule has 0 fully saturated rings. The summed E-state index contributed by atoms with van der Waals surface area (Å²) in [7, 11) is 1.43. The standard InChI is InChI=1S/C28H28Br2N4O4/c1-4-34(5-2)20-13-11-18(12-14-20)15-23(32-27(36)19-9-7-6-8-10-19)28(37)33-31-17-21-25(30)22(29)16-24(38-3)26(21)35/h6-17,35H,4-5H2,1-3H3,(H,32,36)(H,33,37)/b23-15-,31-17-. The zero-order valence-electron chi connectivity index (χ0n) is 21.2. The Morgan fingerprint density at radius 3 is 2.32 bits per heavy atom. The Morgan fingerprint density at radius 1 is 1.05 bits per heavy atom. The normalized spacial score (nSPS) is 11.3. The number of ether oxygens (including phenoxy) is 1. The van der Waals surface area contributed by atoms with Crippen LogP contribution in [0.25, 0.3) is 6.08 Å². The van der Waals surface area contributed by atoms with Gasteiger partial charge in [0.2, 0.25) is 0 Å². The molecular weight excluding hydrogens is 616 g/mol. The van der Waals surface area contributed by atoms with Crippen molar-refractivity contribution in [3.63, 3.8) is 0 Å². The van der Waals surface area contributed by atoms with Crippen molar-refractivity contribution in [3.8, 4) is 11.5 Å². The Morgan fingerprint density at radius 2 is 1.71 bits per heavy atom. The highest BCUT2D eigenvalue weighted by molar-refractivity contribution is 9.13. The van der Waals surface area contributed by atoms with Crippen molar-refractivity contribution in [1.82, 2.24) is 10.7 Å². The number of carbonyl (C=O) groups excluding carboxylic acids is 2. The van der Waals surface area contributed by atoms with Crippen LogP contribution in [0.15, 0.2) is 80.4 Å². The van der Waals surface area contributed by atoms with Gasteiger partial charge < -0.3 is 20.1 Å². The van der Waals surface area contributed by atoms with E-state index in [2.05, 4.69) is 66.5 Å². The Hall–Kier alpha value is -3.63. The van der Waals surface area contributed by atoms with E-state index in [1.807, 2.05) is 24.3 Å². The van der Waals surface area contributed by atoms with Crippen molar-refractivity contribution in [1.29, 1.82) is 0 Å². The first-order valence-corrected chi connectivity index (χ1v) is 13.4. The molecule has 0 aliphatic carbocycles. The minimum Gasteiger partial charge on any atom is -0.504 e. The molecule has 0 atom stereocenters. The third-order valence-corrected chi connectivity index (χ3v) is 7.65. The molecule has 2 amide bonds. The topological polar surface area (TPSA) is 103 Å². The molecule has 0 saturated carbocycles. The highest BCUT2D eigenvalue weighted by Crippen LogP contribution is 2.39. The number of hydrogen-bond donors (Lipinski definition) is 3. The zero-order valence-corrected chi connectivity index (χ0v) is 24.3. The molecule has 0 aromatic heterocycles. The van der Waals surface area contributed by atoms with Gasteiger partial charge in [-0.1, -0.05) is 30.3 Å². The minimum absolute atomic E-state index is 0.00158. The van der Waals surface area contributed by atoms with E-state index in [4.69, 9.17) is 4.74 Å². The van der Waals surface area contributed by atoms with Crippen LogP contribution < -0.4 is 20.4 Å². The summed E-state index contributed by atoms with van der Waals surface area (Å²) in [6.45, 7) is 5.92. The monoisotopic (exact) mass is 642 g/mol. The number of nitrogens with one attached hydrogen (secondary N) is 2. The lowest BCUT2D eigenvalue weighted by Crippen LogP contribution is -2.32. The molecule has 0 saturated heterocycles. The number of methoxy groups -OCH3 is 1. The zero-order chi connectivity index (χ0) is 27.7. The van der Waals surface area contributed by atoms with Crippen molar-refractivity contribution >= 4 is 61.7 Å². The number of amides is 2. The molecule has 0 aliphatic rings. The van der Waals surface area contributed by atoms with Gasteiger partial charge in [0, 0.05) is 33.3 Å². The summed E-state index contributed by atoms with van der Waals surface area (Å²) >= 11 is 6.76. The van der Waals surface area contributed by atoms with Crippen LogP contribution in [-0.4, -0.2) is 43.3 Å². The van der Waals surface area contributed by atoms with Crippen LogP contribution in [-0.2, 0) is 4.79 Å². The van der Waals surface area contributed by atoms with Crippen LogP contribution in [0.1, 0.15) is 35.3 Å². The molecule has 10 heteroatoms. The first-order chi connectivity index (χ1) is 18.3. The maximum absolute atomic E-state index is 13.1. The van der Waals surface area contributed by atoms with Crippen LogP contribution in [0.3, 0.4) is 0 Å². The van der Waals surface area contributed by atoms with Gasteiger partial charge in [-0.3, -0.25) is 9.59 Å². The lowest BCUT2D eigenvalue weighted by molar-refractivity contribution is -0.117. The quantitative estimate of drug-likeness (QED) is 0.150. The van der Waals surface area contributed by atoms with E-state index in [9.17, 15) is 14.7 Å². The Bertz CT molecular complexity index is 1340. The Balaban J connectivity index is 1.88. The third-order valence-electron chi connectivity index (χ3n) is 5.63. The Kier molecular flexibility index (Phi) is 10.5. The molecular formula is C28H28Br2N4O4. The average molecular weight is 644 g/mol. The number of aromatic hydroxyl groups is 1. The third kappa shape index (κ3) is 7.23. The second kappa shape index (κ2) is 13.8. The maximum Gasteiger partial charge on any atom is 0.287 e. The van der Waals surface area contributed by atoms with Gasteiger partial charge in [0.1, 0.15) is 5.70 Å². The lowest BCUT2D eigenvalue weighted by atomic mass is 10.1. The predicted molar refractivity (Wildman–Crippen MR) is 158 cm³/mol. The van der Waals surface area contributed by atoms with Gasteiger partial charge in [0.15, 0.2) is 11.5 Å². The summed E-state index contributed by atoms with van der Waals surface area (Å²) in [5.41, 5.74) is 4.90. The van der Waals surface area contributed by atoms with Crippen molar-refractivity contribution in [2.24, 2.45) is 5.10 Å². The number of benzene rings is 3. The number of phenolic OH excluding ortho intramolecular Hbond substituents is 1. The van der Waals surface area contributed by atoms with Gasteiger partial charge in [-0.15, -0.1) is 0 Å². The Labute approximate surface area is 238 Å². The number of halogens is 2. The van der Waals surface area contributed by atoms with Gasteiger partial charge in [0.25, 0.3) is 11.8 Å². The summed E-state index contributed by atoms with van der Waals surface area (Å²) in [4.78, 5) is 28.1. The summed E-state index contributed by atoms with van der Waals surface area (Å²) < 4.78 is 6.32. The summed E-state index contributed by atoms with van der Waals surface area (Å²) in [5, 5.41) is 17.1.